The summed E-state index contributed by atoms with van der Waals surface area (Å²) in [5, 5.41) is 5.80. The summed E-state index contributed by atoms with van der Waals surface area (Å²) in [5.74, 6) is 0. The van der Waals surface area contributed by atoms with Crippen LogP contribution >= 0.6 is 0 Å². The first kappa shape index (κ1) is 12.0. The monoisotopic (exact) mass is 250 g/mol. The van der Waals surface area contributed by atoms with Crippen LogP contribution in [-0.4, -0.2) is 0 Å². The topological polar surface area (TPSA) is 24.4 Å². The summed E-state index contributed by atoms with van der Waals surface area (Å²) in [4.78, 5) is 4.78. The summed E-state index contributed by atoms with van der Waals surface area (Å²) in [6.45, 7) is 6.67. The summed E-state index contributed by atoms with van der Waals surface area (Å²) >= 11 is 0. The van der Waals surface area contributed by atoms with E-state index in [4.69, 9.17) is 4.99 Å². The van der Waals surface area contributed by atoms with Crippen molar-refractivity contribution in [2.45, 2.75) is 20.8 Å². The summed E-state index contributed by atoms with van der Waals surface area (Å²) in [6.07, 6.45) is 0. The Balaban J connectivity index is 2.40. The standard InChI is InChI=1S/C17H18N2/c1-17(2,3)16-12-8-4-5-9-13(12)18-14-10-6-7-11-15(14)19-16/h4-11,19H,1-3H3. The Hall–Kier alpha value is -2.09. The Morgan fingerprint density at radius 1 is 0.895 bits per heavy atom. The maximum atomic E-state index is 4.78. The van der Waals surface area contributed by atoms with Crippen LogP contribution in [0.3, 0.4) is 0 Å². The number of anilines is 1. The van der Waals surface area contributed by atoms with E-state index < -0.39 is 0 Å². The molecule has 0 spiro atoms. The van der Waals surface area contributed by atoms with Gasteiger partial charge in [-0.2, -0.15) is 0 Å². The maximum Gasteiger partial charge on any atom is 0.0871 e. The van der Waals surface area contributed by atoms with Crippen molar-refractivity contribution in [1.82, 2.24) is 0 Å². The van der Waals surface area contributed by atoms with Gasteiger partial charge >= 0.3 is 0 Å². The lowest BCUT2D eigenvalue weighted by Crippen LogP contribution is -2.32. The minimum atomic E-state index is 0.0447. The second-order valence-corrected chi connectivity index (χ2v) is 5.90. The lowest BCUT2D eigenvalue weighted by atomic mass is 9.90. The van der Waals surface area contributed by atoms with Gasteiger partial charge in [0.15, 0.2) is 0 Å². The van der Waals surface area contributed by atoms with Gasteiger partial charge in [0, 0.05) is 16.3 Å². The highest BCUT2D eigenvalue weighted by atomic mass is 15.0. The van der Waals surface area contributed by atoms with Gasteiger partial charge in [0.25, 0.3) is 0 Å². The van der Waals surface area contributed by atoms with Crippen LogP contribution in [-0.2, 0) is 0 Å². The van der Waals surface area contributed by atoms with Gasteiger partial charge in [-0.05, 0) is 18.2 Å². The maximum absolute atomic E-state index is 4.78. The third-order valence-electron chi connectivity index (χ3n) is 3.33. The van der Waals surface area contributed by atoms with E-state index in [9.17, 15) is 0 Å². The highest BCUT2D eigenvalue weighted by Crippen LogP contribution is 2.32. The molecule has 2 heteroatoms. The highest BCUT2D eigenvalue weighted by Gasteiger charge is 2.20. The van der Waals surface area contributed by atoms with E-state index in [2.05, 4.69) is 50.4 Å². The zero-order chi connectivity index (χ0) is 13.5. The lowest BCUT2D eigenvalue weighted by molar-refractivity contribution is 0.560. The molecular weight excluding hydrogens is 232 g/mol. The average Bonchev–Trinajstić information content (AvgIpc) is 2.54. The third-order valence-corrected chi connectivity index (χ3v) is 3.33. The molecule has 0 amide bonds. The molecule has 0 unspecified atom stereocenters. The van der Waals surface area contributed by atoms with Gasteiger partial charge in [-0.25, -0.2) is 4.99 Å². The Labute approximate surface area is 113 Å². The predicted octanol–water partition coefficient (Wildman–Crippen LogP) is 3.22. The fourth-order valence-corrected chi connectivity index (χ4v) is 2.38. The van der Waals surface area contributed by atoms with Crippen LogP contribution in [0.4, 0.5) is 11.4 Å². The molecule has 0 radical (unpaired) electrons. The molecule has 2 aromatic carbocycles. The largest absolute Gasteiger partial charge is 0.356 e. The van der Waals surface area contributed by atoms with Crippen molar-refractivity contribution in [1.29, 1.82) is 0 Å². The van der Waals surface area contributed by atoms with Gasteiger partial charge < -0.3 is 5.32 Å². The molecule has 1 N–H and O–H groups in total. The van der Waals surface area contributed by atoms with Crippen molar-refractivity contribution >= 4 is 17.1 Å². The fraction of sp³-hybridized carbons (Fsp3) is 0.235. The van der Waals surface area contributed by atoms with E-state index in [0.29, 0.717) is 0 Å². The van der Waals surface area contributed by atoms with Gasteiger partial charge in [-0.3, -0.25) is 0 Å². The van der Waals surface area contributed by atoms with Crippen LogP contribution in [0.25, 0.3) is 5.70 Å². The van der Waals surface area contributed by atoms with Gasteiger partial charge in [0.1, 0.15) is 0 Å². The van der Waals surface area contributed by atoms with Crippen LogP contribution in [0.2, 0.25) is 0 Å². The molecule has 96 valence electrons. The second kappa shape index (κ2) is 4.23. The van der Waals surface area contributed by atoms with Crippen molar-refractivity contribution in [3.05, 3.63) is 59.1 Å². The van der Waals surface area contributed by atoms with Crippen LogP contribution in [0.5, 0.6) is 0 Å². The number of hydrogen-bond donors (Lipinski definition) is 1. The van der Waals surface area contributed by atoms with Crippen molar-refractivity contribution < 1.29 is 0 Å². The molecule has 0 atom stereocenters. The molecule has 2 nitrogen and oxygen atoms in total. The molecule has 2 aromatic rings. The molecule has 0 bridgehead atoms. The summed E-state index contributed by atoms with van der Waals surface area (Å²) in [6, 6.07) is 16.5. The number of benzene rings is 2. The van der Waals surface area contributed by atoms with E-state index in [0.717, 1.165) is 16.7 Å². The number of rotatable bonds is 0. The van der Waals surface area contributed by atoms with Crippen LogP contribution < -0.4 is 15.9 Å². The highest BCUT2D eigenvalue weighted by molar-refractivity contribution is 5.77. The fourth-order valence-electron chi connectivity index (χ4n) is 2.38. The number of nitrogens with one attached hydrogen (secondary N) is 1. The van der Waals surface area contributed by atoms with Gasteiger partial charge in [0.05, 0.1) is 16.7 Å². The zero-order valence-corrected chi connectivity index (χ0v) is 11.6. The molecule has 0 fully saturated rings. The molecular formula is C17H18N2. The second-order valence-electron chi connectivity index (χ2n) is 5.90. The Morgan fingerprint density at radius 3 is 2.37 bits per heavy atom. The summed E-state index contributed by atoms with van der Waals surface area (Å²) < 4.78 is 0. The van der Waals surface area contributed by atoms with Crippen LogP contribution in [0.1, 0.15) is 20.8 Å². The molecule has 0 saturated heterocycles. The first-order valence-electron chi connectivity index (χ1n) is 6.60. The zero-order valence-electron chi connectivity index (χ0n) is 11.6. The summed E-state index contributed by atoms with van der Waals surface area (Å²) in [7, 11) is 0. The van der Waals surface area contributed by atoms with Gasteiger partial charge in [0.2, 0.25) is 0 Å². The van der Waals surface area contributed by atoms with Crippen LogP contribution in [0, 0.1) is 5.41 Å². The average molecular weight is 250 g/mol. The van der Waals surface area contributed by atoms with E-state index in [-0.39, 0.29) is 5.41 Å². The summed E-state index contributed by atoms with van der Waals surface area (Å²) in [5.41, 5.74) is 3.33. The van der Waals surface area contributed by atoms with Gasteiger partial charge in [-0.1, -0.05) is 51.1 Å². The molecule has 1 aliphatic heterocycles. The molecule has 0 aromatic heterocycles. The first-order chi connectivity index (χ1) is 9.05. The van der Waals surface area contributed by atoms with Gasteiger partial charge in [-0.15, -0.1) is 0 Å². The quantitative estimate of drug-likeness (QED) is 0.763. The predicted molar refractivity (Wildman–Crippen MR) is 79.8 cm³/mol. The molecule has 0 saturated carbocycles. The first-order valence-corrected chi connectivity index (χ1v) is 6.60. The van der Waals surface area contributed by atoms with E-state index in [1.165, 1.54) is 10.9 Å². The van der Waals surface area contributed by atoms with E-state index in [1.807, 2.05) is 24.3 Å². The SMILES string of the molecule is CC(C)(C)C1=c2ccccc2=Nc2ccccc2N1. The molecule has 0 aliphatic carbocycles. The van der Waals surface area contributed by atoms with Crippen molar-refractivity contribution in [2.24, 2.45) is 10.4 Å². The van der Waals surface area contributed by atoms with Crippen molar-refractivity contribution in [2.75, 3.05) is 5.32 Å². The number of hydrogen-bond acceptors (Lipinski definition) is 2. The lowest BCUT2D eigenvalue weighted by Gasteiger charge is -2.24. The molecule has 19 heavy (non-hydrogen) atoms. The van der Waals surface area contributed by atoms with Crippen molar-refractivity contribution in [3.63, 3.8) is 0 Å². The van der Waals surface area contributed by atoms with Crippen LogP contribution in [0.15, 0.2) is 53.5 Å². The molecule has 1 heterocycles. The Kier molecular flexibility index (Phi) is 2.67. The minimum absolute atomic E-state index is 0.0447. The Bertz CT molecular complexity index is 736. The molecule has 1 aliphatic rings. The third kappa shape index (κ3) is 2.14. The number of nitrogens with zero attached hydrogens (tertiary/aromatic N) is 1. The van der Waals surface area contributed by atoms with E-state index >= 15 is 0 Å². The number of para-hydroxylation sites is 3. The minimum Gasteiger partial charge on any atom is -0.356 e. The molecule has 3 rings (SSSR count). The smallest absolute Gasteiger partial charge is 0.0871 e. The normalized spacial score (nSPS) is 13.7. The Morgan fingerprint density at radius 2 is 1.58 bits per heavy atom. The van der Waals surface area contributed by atoms with E-state index in [1.54, 1.807) is 0 Å². The van der Waals surface area contributed by atoms with Crippen molar-refractivity contribution in [3.8, 4) is 0 Å². The number of fused-ring (bicyclic) bond motifs is 2.